The first-order valence-corrected chi connectivity index (χ1v) is 5.27. The van der Waals surface area contributed by atoms with Crippen molar-refractivity contribution in [2.45, 2.75) is 0 Å². The van der Waals surface area contributed by atoms with E-state index >= 15 is 0 Å². The first-order valence-electron chi connectivity index (χ1n) is 4.10. The van der Waals surface area contributed by atoms with E-state index in [0.717, 1.165) is 5.56 Å². The van der Waals surface area contributed by atoms with E-state index in [1.807, 2.05) is 0 Å². The van der Waals surface area contributed by atoms with E-state index in [2.05, 4.69) is 25.9 Å². The molecule has 0 aliphatic heterocycles. The fourth-order valence-corrected chi connectivity index (χ4v) is 1.93. The van der Waals surface area contributed by atoms with Crippen LogP contribution in [-0.2, 0) is 0 Å². The lowest BCUT2D eigenvalue weighted by molar-refractivity contribution is 0.627. The maximum absolute atomic E-state index is 12.9. The lowest BCUT2D eigenvalue weighted by Gasteiger charge is -2.04. The third kappa shape index (κ3) is 2.16. The Labute approximate surface area is 99.3 Å². The molecule has 0 N–H and O–H groups in total. The van der Waals surface area contributed by atoms with Gasteiger partial charge in [-0.1, -0.05) is 11.6 Å². The van der Waals surface area contributed by atoms with Crippen LogP contribution in [0.1, 0.15) is 0 Å². The maximum atomic E-state index is 12.9. The molecule has 76 valence electrons. The molecule has 0 aliphatic rings. The Morgan fingerprint density at radius 2 is 1.93 bits per heavy atom. The smallest absolute Gasteiger partial charge is 0.155 e. The number of rotatable bonds is 1. The second kappa shape index (κ2) is 4.24. The first kappa shape index (κ1) is 10.5. The molecule has 5 heteroatoms. The van der Waals surface area contributed by atoms with E-state index in [-0.39, 0.29) is 5.82 Å². The quantitative estimate of drug-likeness (QED) is 0.799. The average molecular weight is 288 g/mol. The highest BCUT2D eigenvalue weighted by molar-refractivity contribution is 9.10. The Morgan fingerprint density at radius 3 is 2.60 bits per heavy atom. The van der Waals surface area contributed by atoms with Crippen molar-refractivity contribution in [1.29, 1.82) is 0 Å². The van der Waals surface area contributed by atoms with Gasteiger partial charge >= 0.3 is 0 Å². The summed E-state index contributed by atoms with van der Waals surface area (Å²) < 4.78 is 13.5. The summed E-state index contributed by atoms with van der Waals surface area (Å²) in [6.45, 7) is 0. The average Bonchev–Trinajstić information content (AvgIpc) is 2.20. The molecule has 1 heterocycles. The highest BCUT2D eigenvalue weighted by Gasteiger charge is 2.09. The van der Waals surface area contributed by atoms with Gasteiger partial charge in [0.2, 0.25) is 0 Å². The molecule has 0 spiro atoms. The van der Waals surface area contributed by atoms with Crippen molar-refractivity contribution in [2.75, 3.05) is 0 Å². The fourth-order valence-electron chi connectivity index (χ4n) is 1.18. The molecule has 0 radical (unpaired) electrons. The van der Waals surface area contributed by atoms with E-state index in [9.17, 15) is 4.39 Å². The fraction of sp³-hybridized carbons (Fsp3) is 0. The van der Waals surface area contributed by atoms with E-state index in [0.29, 0.717) is 15.3 Å². The Balaban J connectivity index is 2.60. The van der Waals surface area contributed by atoms with Crippen LogP contribution in [0.3, 0.4) is 0 Å². The number of halogens is 3. The van der Waals surface area contributed by atoms with Gasteiger partial charge in [-0.25, -0.2) is 9.37 Å². The van der Waals surface area contributed by atoms with Crippen molar-refractivity contribution >= 4 is 27.5 Å². The Bertz CT molecular complexity index is 505. The zero-order valence-electron chi connectivity index (χ0n) is 7.42. The van der Waals surface area contributed by atoms with Gasteiger partial charge in [0.1, 0.15) is 11.5 Å². The maximum Gasteiger partial charge on any atom is 0.155 e. The highest BCUT2D eigenvalue weighted by atomic mass is 79.9. The number of hydrogen-bond acceptors (Lipinski definition) is 2. The van der Waals surface area contributed by atoms with E-state index < -0.39 is 0 Å². The highest BCUT2D eigenvalue weighted by Crippen LogP contribution is 2.30. The molecular weight excluding hydrogens is 282 g/mol. The molecule has 0 fully saturated rings. The monoisotopic (exact) mass is 286 g/mol. The zero-order valence-corrected chi connectivity index (χ0v) is 9.76. The van der Waals surface area contributed by atoms with E-state index in [1.165, 1.54) is 24.5 Å². The number of benzene rings is 1. The summed E-state index contributed by atoms with van der Waals surface area (Å²) in [6.07, 6.45) is 3.04. The van der Waals surface area contributed by atoms with Gasteiger partial charge in [-0.05, 0) is 34.1 Å². The molecule has 0 amide bonds. The molecule has 2 nitrogen and oxygen atoms in total. The van der Waals surface area contributed by atoms with Crippen LogP contribution in [0.5, 0.6) is 0 Å². The summed E-state index contributed by atoms with van der Waals surface area (Å²) in [7, 11) is 0. The van der Waals surface area contributed by atoms with Crippen LogP contribution >= 0.6 is 27.5 Å². The van der Waals surface area contributed by atoms with Crippen LogP contribution in [0.4, 0.5) is 4.39 Å². The largest absolute Gasteiger partial charge is 0.251 e. The third-order valence-corrected chi connectivity index (χ3v) is 2.77. The molecule has 2 aromatic rings. The Kier molecular flexibility index (Phi) is 2.98. The van der Waals surface area contributed by atoms with Gasteiger partial charge < -0.3 is 0 Å². The van der Waals surface area contributed by atoms with Crippen molar-refractivity contribution in [3.8, 4) is 11.3 Å². The molecule has 0 bridgehead atoms. The molecule has 15 heavy (non-hydrogen) atoms. The molecule has 0 aliphatic carbocycles. The van der Waals surface area contributed by atoms with Crippen LogP contribution in [0.15, 0.2) is 35.1 Å². The number of hydrogen-bond donors (Lipinski definition) is 0. The molecule has 0 atom stereocenters. The van der Waals surface area contributed by atoms with Crippen LogP contribution in [-0.4, -0.2) is 9.97 Å². The minimum Gasteiger partial charge on any atom is -0.251 e. The number of nitrogens with zero attached hydrogens (tertiary/aromatic N) is 2. The zero-order chi connectivity index (χ0) is 10.8. The predicted molar refractivity (Wildman–Crippen MR) is 60.1 cm³/mol. The van der Waals surface area contributed by atoms with Gasteiger partial charge in [-0.2, -0.15) is 0 Å². The van der Waals surface area contributed by atoms with Gasteiger partial charge in [0.05, 0.1) is 0 Å². The third-order valence-electron chi connectivity index (χ3n) is 1.84. The lowest BCUT2D eigenvalue weighted by atomic mass is 10.1. The second-order valence-corrected chi connectivity index (χ2v) is 4.03. The molecule has 0 saturated carbocycles. The van der Waals surface area contributed by atoms with E-state index in [1.54, 1.807) is 6.07 Å². The molecule has 2 rings (SSSR count). The first-order chi connectivity index (χ1) is 7.18. The van der Waals surface area contributed by atoms with Crippen molar-refractivity contribution in [2.24, 2.45) is 0 Å². The van der Waals surface area contributed by atoms with Crippen molar-refractivity contribution in [3.05, 3.63) is 46.0 Å². The summed E-state index contributed by atoms with van der Waals surface area (Å²) in [5.74, 6) is -0.314. The van der Waals surface area contributed by atoms with Crippen molar-refractivity contribution < 1.29 is 4.39 Å². The van der Waals surface area contributed by atoms with Crippen molar-refractivity contribution in [3.63, 3.8) is 0 Å². The van der Waals surface area contributed by atoms with Crippen LogP contribution in [0.2, 0.25) is 5.15 Å². The summed E-state index contributed by atoms with van der Waals surface area (Å²) in [6, 6.07) is 4.32. The van der Waals surface area contributed by atoms with Gasteiger partial charge in [0.15, 0.2) is 5.15 Å². The second-order valence-electron chi connectivity index (χ2n) is 2.82. The lowest BCUT2D eigenvalue weighted by Crippen LogP contribution is -1.89. The minimum absolute atomic E-state index is 0.296. The predicted octanol–water partition coefficient (Wildman–Crippen LogP) is 3.70. The summed E-state index contributed by atoms with van der Waals surface area (Å²) in [5, 5.41) is 0.296. The van der Waals surface area contributed by atoms with Crippen LogP contribution < -0.4 is 0 Å². The molecule has 1 aromatic heterocycles. The molecule has 1 aromatic carbocycles. The number of aromatic nitrogens is 2. The van der Waals surface area contributed by atoms with Gasteiger partial charge in [-0.15, -0.1) is 0 Å². The van der Waals surface area contributed by atoms with Gasteiger partial charge in [0.25, 0.3) is 0 Å². The summed E-state index contributed by atoms with van der Waals surface area (Å²) in [5.41, 5.74) is 1.25. The molecule has 0 unspecified atom stereocenters. The van der Waals surface area contributed by atoms with Gasteiger partial charge in [0, 0.05) is 22.4 Å². The van der Waals surface area contributed by atoms with Gasteiger partial charge in [-0.3, -0.25) is 4.98 Å². The Hall–Kier alpha value is -1.00. The van der Waals surface area contributed by atoms with Crippen LogP contribution in [0, 0.1) is 5.82 Å². The SMILES string of the molecule is Fc1ccc(-c2nccnc2Cl)c(Br)c1. The standard InChI is InChI=1S/C10H5BrClFN2/c11-8-5-6(13)1-2-7(8)9-10(12)15-4-3-14-9/h1-5H. The van der Waals surface area contributed by atoms with Crippen LogP contribution in [0.25, 0.3) is 11.3 Å². The Morgan fingerprint density at radius 1 is 1.20 bits per heavy atom. The molecule has 0 saturated heterocycles. The summed E-state index contributed by atoms with van der Waals surface area (Å²) >= 11 is 9.13. The minimum atomic E-state index is -0.314. The van der Waals surface area contributed by atoms with Crippen molar-refractivity contribution in [1.82, 2.24) is 9.97 Å². The topological polar surface area (TPSA) is 25.8 Å². The normalized spacial score (nSPS) is 10.3. The molecular formula is C10H5BrClFN2. The summed E-state index contributed by atoms with van der Waals surface area (Å²) in [4.78, 5) is 8.00. The van der Waals surface area contributed by atoms with E-state index in [4.69, 9.17) is 11.6 Å².